The molecule has 1 saturated heterocycles. The van der Waals surface area contributed by atoms with Crippen LogP contribution in [0.3, 0.4) is 0 Å². The smallest absolute Gasteiger partial charge is 0.239 e. The van der Waals surface area contributed by atoms with E-state index in [1.54, 1.807) is 0 Å². The molecule has 0 aliphatic carbocycles. The molecule has 218 valence electrons. The number of aromatic hydroxyl groups is 3. The number of fused-ring (bicyclic) bond motifs is 1. The number of ether oxygens (including phenoxy) is 6. The second-order valence-electron chi connectivity index (χ2n) is 8.60. The summed E-state index contributed by atoms with van der Waals surface area (Å²) in [5.74, 6) is -3.97. The molecule has 5 atom stereocenters. The molecule has 15 nitrogen and oxygen atoms in total. The Morgan fingerprint density at radius 3 is 2.00 bits per heavy atom. The van der Waals surface area contributed by atoms with E-state index in [0.29, 0.717) is 0 Å². The molecule has 0 bridgehead atoms. The second-order valence-corrected chi connectivity index (χ2v) is 8.60. The molecule has 2 aromatic carbocycles. The van der Waals surface area contributed by atoms with Gasteiger partial charge < -0.3 is 68.6 Å². The zero-order valence-electron chi connectivity index (χ0n) is 21.6. The number of hydrogen-bond donors (Lipinski definition) is 7. The number of aliphatic hydroxyl groups is 4. The van der Waals surface area contributed by atoms with Gasteiger partial charge in [-0.15, -0.1) is 0 Å². The van der Waals surface area contributed by atoms with Gasteiger partial charge >= 0.3 is 0 Å². The summed E-state index contributed by atoms with van der Waals surface area (Å²) in [6, 6.07) is 2.34. The fraction of sp³-hybridized carbons (Fsp3) is 0.400. The zero-order chi connectivity index (χ0) is 29.5. The normalized spacial score (nSPS) is 22.6. The van der Waals surface area contributed by atoms with Crippen LogP contribution in [0.2, 0.25) is 0 Å². The molecule has 0 unspecified atom stereocenters. The summed E-state index contributed by atoms with van der Waals surface area (Å²) < 4.78 is 37.5. The summed E-state index contributed by atoms with van der Waals surface area (Å²) in [5, 5.41) is 71.4. The topological polar surface area (TPSA) is 227 Å². The summed E-state index contributed by atoms with van der Waals surface area (Å²) in [5.41, 5.74) is -1.32. The van der Waals surface area contributed by atoms with Gasteiger partial charge in [0.25, 0.3) is 0 Å². The van der Waals surface area contributed by atoms with E-state index < -0.39 is 76.9 Å². The van der Waals surface area contributed by atoms with E-state index in [0.717, 1.165) is 20.3 Å². The van der Waals surface area contributed by atoms with Gasteiger partial charge in [-0.3, -0.25) is 4.79 Å². The SMILES string of the molecule is COc1c(O)cc(-c2oc3c(OC)c(O)c(OC)c(O)c3c(=O)c2OC)cc1O[C@H]1O[C@@H](CO)[C@H](O)[C@H](O)[C@@H]1O. The highest BCUT2D eigenvalue weighted by molar-refractivity contribution is 5.96. The Kier molecular flexibility index (Phi) is 8.04. The first kappa shape index (κ1) is 28.8. The molecule has 1 aliphatic rings. The third-order valence-corrected chi connectivity index (χ3v) is 6.36. The number of hydrogen-bond acceptors (Lipinski definition) is 15. The van der Waals surface area contributed by atoms with Crippen molar-refractivity contribution in [1.29, 1.82) is 0 Å². The Morgan fingerprint density at radius 1 is 0.800 bits per heavy atom. The Bertz CT molecular complexity index is 1460. The molecule has 4 rings (SSSR count). The maximum Gasteiger partial charge on any atom is 0.239 e. The van der Waals surface area contributed by atoms with Crippen molar-refractivity contribution < 1.29 is 68.6 Å². The predicted octanol–water partition coefficient (Wildman–Crippen LogP) is -0.210. The average molecular weight is 568 g/mol. The lowest BCUT2D eigenvalue weighted by molar-refractivity contribution is -0.277. The van der Waals surface area contributed by atoms with Crippen LogP contribution in [0, 0.1) is 0 Å². The van der Waals surface area contributed by atoms with E-state index in [2.05, 4.69) is 0 Å². The Hall–Kier alpha value is -4.15. The molecule has 15 heteroatoms. The molecule has 3 aromatic rings. The number of rotatable bonds is 8. The number of aliphatic hydroxyl groups excluding tert-OH is 4. The largest absolute Gasteiger partial charge is 0.504 e. The van der Waals surface area contributed by atoms with Crippen molar-refractivity contribution >= 4 is 11.0 Å². The van der Waals surface area contributed by atoms with Gasteiger partial charge in [0.1, 0.15) is 29.8 Å². The molecule has 1 fully saturated rings. The minimum absolute atomic E-state index is 0.0504. The quantitative estimate of drug-likeness (QED) is 0.186. The maximum absolute atomic E-state index is 13.4. The van der Waals surface area contributed by atoms with Crippen LogP contribution in [0.25, 0.3) is 22.3 Å². The molecule has 0 saturated carbocycles. The molecule has 40 heavy (non-hydrogen) atoms. The highest BCUT2D eigenvalue weighted by Crippen LogP contribution is 2.51. The van der Waals surface area contributed by atoms with Crippen LogP contribution in [-0.2, 0) is 4.74 Å². The monoisotopic (exact) mass is 568 g/mol. The first-order chi connectivity index (χ1) is 19.0. The molecule has 1 aliphatic heterocycles. The summed E-state index contributed by atoms with van der Waals surface area (Å²) in [6.45, 7) is -0.709. The van der Waals surface area contributed by atoms with Gasteiger partial charge in [0.2, 0.25) is 40.5 Å². The fourth-order valence-electron chi connectivity index (χ4n) is 4.39. The van der Waals surface area contributed by atoms with E-state index in [9.17, 15) is 40.5 Å². The first-order valence-corrected chi connectivity index (χ1v) is 11.6. The molecular formula is C25H28O15. The van der Waals surface area contributed by atoms with Crippen LogP contribution in [-0.4, -0.2) is 101 Å². The summed E-state index contributed by atoms with van der Waals surface area (Å²) >= 11 is 0. The van der Waals surface area contributed by atoms with E-state index >= 15 is 0 Å². The number of methoxy groups -OCH3 is 4. The van der Waals surface area contributed by atoms with Crippen LogP contribution >= 0.6 is 0 Å². The van der Waals surface area contributed by atoms with Gasteiger partial charge in [0.05, 0.1) is 35.0 Å². The van der Waals surface area contributed by atoms with Crippen molar-refractivity contribution in [3.63, 3.8) is 0 Å². The van der Waals surface area contributed by atoms with Crippen LogP contribution in [0.5, 0.6) is 46.0 Å². The standard InChI is InChI=1S/C25H28O15/c1-34-20-9(27)5-8(6-10(20)38-25-17(32)16(31)13(28)11(7-26)39-25)19-23(36-3)15(30)12-14(29)22(35-2)18(33)24(37-4)21(12)40-19/h5-6,11,13,16-17,25-29,31-33H,7H2,1-4H3/t11-,13-,16-,17-,25-/m0/s1. The lowest BCUT2D eigenvalue weighted by Crippen LogP contribution is -2.60. The van der Waals surface area contributed by atoms with Gasteiger partial charge in [-0.25, -0.2) is 0 Å². The van der Waals surface area contributed by atoms with E-state index in [4.69, 9.17) is 32.8 Å². The van der Waals surface area contributed by atoms with Gasteiger partial charge in [0, 0.05) is 5.56 Å². The first-order valence-electron chi connectivity index (χ1n) is 11.6. The average Bonchev–Trinajstić information content (AvgIpc) is 2.93. The van der Waals surface area contributed by atoms with Gasteiger partial charge in [-0.05, 0) is 12.1 Å². The van der Waals surface area contributed by atoms with Crippen molar-refractivity contribution in [2.75, 3.05) is 35.0 Å². The highest BCUT2D eigenvalue weighted by Gasteiger charge is 2.45. The minimum atomic E-state index is -1.79. The second kappa shape index (κ2) is 11.1. The maximum atomic E-state index is 13.4. The molecule has 7 N–H and O–H groups in total. The molecule has 2 heterocycles. The van der Waals surface area contributed by atoms with E-state index in [1.165, 1.54) is 20.3 Å². The number of phenols is 3. The molecule has 0 amide bonds. The summed E-state index contributed by atoms with van der Waals surface area (Å²) in [7, 11) is 4.70. The van der Waals surface area contributed by atoms with E-state index in [-0.39, 0.29) is 34.2 Å². The molecular weight excluding hydrogens is 540 g/mol. The number of phenolic OH excluding ortho intramolecular Hbond substituents is 3. The van der Waals surface area contributed by atoms with Crippen molar-refractivity contribution in [1.82, 2.24) is 0 Å². The Labute approximate surface area is 225 Å². The Balaban J connectivity index is 1.93. The van der Waals surface area contributed by atoms with Crippen LogP contribution in [0.15, 0.2) is 21.3 Å². The van der Waals surface area contributed by atoms with Crippen molar-refractivity contribution in [2.24, 2.45) is 0 Å². The highest BCUT2D eigenvalue weighted by atomic mass is 16.7. The third kappa shape index (κ3) is 4.52. The number of benzene rings is 2. The van der Waals surface area contributed by atoms with Crippen molar-refractivity contribution in [3.05, 3.63) is 22.4 Å². The summed E-state index contributed by atoms with van der Waals surface area (Å²) in [6.07, 6.45) is -8.10. The predicted molar refractivity (Wildman–Crippen MR) is 134 cm³/mol. The van der Waals surface area contributed by atoms with Gasteiger partial charge in [-0.2, -0.15) is 0 Å². The molecule has 1 aromatic heterocycles. The van der Waals surface area contributed by atoms with E-state index in [1.807, 2.05) is 0 Å². The lowest BCUT2D eigenvalue weighted by Gasteiger charge is -2.39. The van der Waals surface area contributed by atoms with Gasteiger partial charge in [0.15, 0.2) is 28.6 Å². The Morgan fingerprint density at radius 2 is 1.43 bits per heavy atom. The fourth-order valence-corrected chi connectivity index (χ4v) is 4.39. The van der Waals surface area contributed by atoms with Crippen molar-refractivity contribution in [3.8, 4) is 57.3 Å². The van der Waals surface area contributed by atoms with Crippen molar-refractivity contribution in [2.45, 2.75) is 30.7 Å². The van der Waals surface area contributed by atoms with Crippen LogP contribution in [0.4, 0.5) is 0 Å². The molecule has 0 radical (unpaired) electrons. The lowest BCUT2D eigenvalue weighted by atomic mass is 9.99. The third-order valence-electron chi connectivity index (χ3n) is 6.36. The van der Waals surface area contributed by atoms with Gasteiger partial charge in [-0.1, -0.05) is 0 Å². The molecule has 0 spiro atoms. The van der Waals surface area contributed by atoms with Crippen LogP contribution < -0.4 is 29.1 Å². The zero-order valence-corrected chi connectivity index (χ0v) is 21.6. The summed E-state index contributed by atoms with van der Waals surface area (Å²) in [4.78, 5) is 13.4. The minimum Gasteiger partial charge on any atom is -0.504 e. The van der Waals surface area contributed by atoms with Crippen LogP contribution in [0.1, 0.15) is 0 Å².